The number of amides is 4. The van der Waals surface area contributed by atoms with Gasteiger partial charge in [-0.25, -0.2) is 0 Å². The summed E-state index contributed by atoms with van der Waals surface area (Å²) in [6.45, 7) is -4.82. The van der Waals surface area contributed by atoms with Crippen molar-refractivity contribution < 1.29 is 34.9 Å². The molecular formula is C22H18ClF2N3O4. The standard InChI is InChI=1S/C22H18ClF2N3O4/c23-15-4-2-14(3-5-15)22(24,25)21(32)26-10-12-1-6-16-13(9-12)11-28(20(16)31)17-7-8-18(29)27-19(17)30/h1-6,9,17H,7-8,10-11H2,(H,26,32)(H,27,29,30)/i1D,10D,11D2/hD. The average molecular weight is 467 g/mol. The fraction of sp³-hybridized carbons (Fsp3) is 0.273. The number of carbonyl (C=O) groups is 4. The van der Waals surface area contributed by atoms with Gasteiger partial charge < -0.3 is 10.2 Å². The van der Waals surface area contributed by atoms with Crippen LogP contribution in [0.2, 0.25) is 6.43 Å². The van der Waals surface area contributed by atoms with E-state index in [4.69, 9.17) is 18.5 Å². The molecule has 0 saturated carbocycles. The minimum absolute atomic E-state index is 0.131. The minimum Gasteiger partial charge on any atom is -0.346 e. The number of rotatable bonds is 5. The van der Waals surface area contributed by atoms with Crippen LogP contribution in [0.4, 0.5) is 8.78 Å². The van der Waals surface area contributed by atoms with Gasteiger partial charge in [0.1, 0.15) is 6.04 Å². The quantitative estimate of drug-likeness (QED) is 0.662. The van der Waals surface area contributed by atoms with Crippen LogP contribution in [-0.4, -0.2) is 34.6 Å². The van der Waals surface area contributed by atoms with Crippen LogP contribution in [0.5, 0.6) is 0 Å². The van der Waals surface area contributed by atoms with Crippen molar-refractivity contribution in [3.05, 3.63) is 69.7 Å². The van der Waals surface area contributed by atoms with E-state index in [1.807, 2.05) is 5.32 Å². The van der Waals surface area contributed by atoms with Gasteiger partial charge in [0.05, 0.1) is 5.48 Å². The Labute approximate surface area is 193 Å². The van der Waals surface area contributed by atoms with Crippen LogP contribution < -0.4 is 10.6 Å². The van der Waals surface area contributed by atoms with Crippen molar-refractivity contribution in [3.63, 3.8) is 0 Å². The molecule has 0 radical (unpaired) electrons. The van der Waals surface area contributed by atoms with E-state index in [9.17, 15) is 28.0 Å². The number of hydrogen-bond donors (Lipinski definition) is 2. The van der Waals surface area contributed by atoms with E-state index >= 15 is 0 Å². The lowest BCUT2D eigenvalue weighted by molar-refractivity contribution is -0.147. The molecule has 0 spiro atoms. The molecule has 1 saturated heterocycles. The van der Waals surface area contributed by atoms with Gasteiger partial charge in [0.2, 0.25) is 11.8 Å². The fourth-order valence-corrected chi connectivity index (χ4v) is 3.43. The van der Waals surface area contributed by atoms with Gasteiger partial charge in [-0.05, 0) is 35.7 Å². The highest BCUT2D eigenvalue weighted by Crippen LogP contribution is 2.30. The first kappa shape index (κ1) is 16.3. The number of fused-ring (bicyclic) bond motifs is 1. The van der Waals surface area contributed by atoms with Crippen LogP contribution in [0.15, 0.2) is 42.4 Å². The van der Waals surface area contributed by atoms with Crippen LogP contribution in [0.1, 0.15) is 45.4 Å². The monoisotopic (exact) mass is 466 g/mol. The van der Waals surface area contributed by atoms with Crippen LogP contribution >= 0.6 is 11.6 Å². The molecule has 32 heavy (non-hydrogen) atoms. The number of alkyl halides is 2. The third kappa shape index (κ3) is 4.08. The van der Waals surface area contributed by atoms with Gasteiger partial charge in [-0.1, -0.05) is 35.8 Å². The predicted octanol–water partition coefficient (Wildman–Crippen LogP) is 2.51. The number of nitrogens with one attached hydrogen (secondary N) is 2. The van der Waals surface area contributed by atoms with Crippen molar-refractivity contribution in [2.45, 2.75) is 37.8 Å². The number of carbonyl (C=O) groups excluding carboxylic acids is 4. The second kappa shape index (κ2) is 8.31. The topological polar surface area (TPSA) is 95.6 Å². The molecule has 7 nitrogen and oxygen atoms in total. The zero-order valence-electron chi connectivity index (χ0n) is 21.2. The highest BCUT2D eigenvalue weighted by molar-refractivity contribution is 6.30. The molecule has 0 aromatic heterocycles. The molecule has 2 unspecified atom stereocenters. The summed E-state index contributed by atoms with van der Waals surface area (Å²) in [7, 11) is 0. The maximum atomic E-state index is 14.8. The van der Waals surface area contributed by atoms with Crippen molar-refractivity contribution in [2.75, 3.05) is 0 Å². The highest BCUT2D eigenvalue weighted by Gasteiger charge is 2.41. The smallest absolute Gasteiger partial charge is 0.346 e. The molecule has 2 aliphatic rings. The van der Waals surface area contributed by atoms with Crippen molar-refractivity contribution in [1.29, 1.82) is 0 Å². The Morgan fingerprint density at radius 3 is 2.75 bits per heavy atom. The number of benzene rings is 2. The van der Waals surface area contributed by atoms with E-state index in [1.165, 1.54) is 0 Å². The molecule has 2 heterocycles. The normalized spacial score (nSPS) is 23.2. The lowest BCUT2D eigenvalue weighted by Crippen LogP contribution is -2.52. The van der Waals surface area contributed by atoms with E-state index in [0.29, 0.717) is 4.90 Å². The molecule has 2 atom stereocenters. The predicted molar refractivity (Wildman–Crippen MR) is 110 cm³/mol. The van der Waals surface area contributed by atoms with Crippen LogP contribution in [0.25, 0.3) is 0 Å². The SMILES string of the molecule is [2H]c1cc2c(cc1C([2H])N([2H])C(=O)C(F)(F)c1ccc(Cl)cc1)C([2H])([2H])N(C1CCC(=O)NC1=O)C2=O. The Balaban J connectivity index is 1.66. The Bertz CT molecular complexity index is 1330. The summed E-state index contributed by atoms with van der Waals surface area (Å²) in [5.41, 5.74) is -1.93. The second-order valence-electron chi connectivity index (χ2n) is 7.11. The van der Waals surface area contributed by atoms with Gasteiger partial charge in [-0.2, -0.15) is 8.78 Å². The first-order valence-electron chi connectivity index (χ1n) is 11.9. The Morgan fingerprint density at radius 2 is 2.06 bits per heavy atom. The largest absolute Gasteiger partial charge is 0.349 e. The van der Waals surface area contributed by atoms with E-state index in [2.05, 4.69) is 0 Å². The molecule has 1 fully saturated rings. The number of imide groups is 1. The Kier molecular flexibility index (Phi) is 4.24. The molecular weight excluding hydrogens is 444 g/mol. The molecule has 2 N–H and O–H groups in total. The van der Waals surface area contributed by atoms with E-state index in [1.54, 1.807) is 0 Å². The number of halogens is 3. The van der Waals surface area contributed by atoms with Gasteiger partial charge in [0.15, 0.2) is 1.41 Å². The fourth-order valence-electron chi connectivity index (χ4n) is 3.30. The molecule has 0 bridgehead atoms. The zero-order chi connectivity index (χ0) is 27.4. The summed E-state index contributed by atoms with van der Waals surface area (Å²) in [6.07, 6.45) is -0.269. The van der Waals surface area contributed by atoms with Crippen molar-refractivity contribution in [2.24, 2.45) is 0 Å². The number of hydrogen-bond acceptors (Lipinski definition) is 4. The minimum atomic E-state index is -4.21. The van der Waals surface area contributed by atoms with Crippen molar-refractivity contribution in [1.82, 2.24) is 15.5 Å². The summed E-state index contributed by atoms with van der Waals surface area (Å²) in [5.74, 6) is -8.67. The van der Waals surface area contributed by atoms with Crippen molar-refractivity contribution >= 4 is 35.2 Å². The average Bonchev–Trinajstić information content (AvgIpc) is 3.02. The van der Waals surface area contributed by atoms with Gasteiger partial charge >= 0.3 is 5.92 Å². The molecule has 4 rings (SSSR count). The summed E-state index contributed by atoms with van der Waals surface area (Å²) in [6, 6.07) is 3.91. The summed E-state index contributed by atoms with van der Waals surface area (Å²) in [4.78, 5) is 49.9. The van der Waals surface area contributed by atoms with E-state index in [-0.39, 0.29) is 34.3 Å². The summed E-state index contributed by atoms with van der Waals surface area (Å²) < 4.78 is 70.8. The lowest BCUT2D eigenvalue weighted by atomic mass is 10.0. The van der Waals surface area contributed by atoms with Gasteiger partial charge in [0.25, 0.3) is 11.8 Å². The second-order valence-corrected chi connectivity index (χ2v) is 7.55. The molecule has 10 heteroatoms. The number of piperidine rings is 1. The first-order chi connectivity index (χ1) is 17.2. The first-order valence-corrected chi connectivity index (χ1v) is 9.76. The highest BCUT2D eigenvalue weighted by atomic mass is 35.5. The summed E-state index contributed by atoms with van der Waals surface area (Å²) in [5, 5.41) is 1.84. The molecule has 2 aromatic rings. The maximum absolute atomic E-state index is 14.8. The lowest BCUT2D eigenvalue weighted by Gasteiger charge is -2.29. The molecule has 2 aliphatic heterocycles. The van der Waals surface area contributed by atoms with Crippen LogP contribution in [-0.2, 0) is 33.3 Å². The number of nitrogens with zero attached hydrogens (tertiary/aromatic N) is 1. The van der Waals surface area contributed by atoms with Crippen molar-refractivity contribution in [3.8, 4) is 0 Å². The molecule has 4 amide bonds. The van der Waals surface area contributed by atoms with Gasteiger partial charge in [-0.15, -0.1) is 0 Å². The van der Waals surface area contributed by atoms with Gasteiger partial charge in [0, 0.05) is 35.6 Å². The molecule has 2 aromatic carbocycles. The zero-order valence-corrected chi connectivity index (χ0v) is 17.0. The van der Waals surface area contributed by atoms with Crippen LogP contribution in [0.3, 0.4) is 0 Å². The molecule has 166 valence electrons. The van der Waals surface area contributed by atoms with E-state index in [0.717, 1.165) is 36.4 Å². The third-order valence-electron chi connectivity index (χ3n) is 4.98. The maximum Gasteiger partial charge on any atom is 0.349 e. The third-order valence-corrected chi connectivity index (χ3v) is 5.23. The molecule has 0 aliphatic carbocycles. The van der Waals surface area contributed by atoms with Gasteiger partial charge in [-0.3, -0.25) is 24.5 Å². The van der Waals surface area contributed by atoms with E-state index < -0.39 is 65.8 Å². The Hall–Kier alpha value is -3.33. The van der Waals surface area contributed by atoms with Crippen LogP contribution in [0, 0.1) is 0 Å². The Morgan fingerprint density at radius 1 is 1.34 bits per heavy atom. The summed E-state index contributed by atoms with van der Waals surface area (Å²) >= 11 is 5.68.